The standard InChI is InChI=1S/C14H23NO3/c16-13(11-9-12(11)14(17)18)15-8-4-7-10-5-2-1-3-6-10/h10-12H,1-9H2,(H,15,16)(H,17,18). The fraction of sp³-hybridized carbons (Fsp3) is 0.857. The summed E-state index contributed by atoms with van der Waals surface area (Å²) in [6, 6.07) is 0. The van der Waals surface area contributed by atoms with E-state index in [0.29, 0.717) is 13.0 Å². The summed E-state index contributed by atoms with van der Waals surface area (Å²) in [4.78, 5) is 22.2. The van der Waals surface area contributed by atoms with Crippen LogP contribution in [0.1, 0.15) is 51.4 Å². The van der Waals surface area contributed by atoms with E-state index in [0.717, 1.165) is 12.3 Å². The number of hydrogen-bond acceptors (Lipinski definition) is 2. The van der Waals surface area contributed by atoms with Crippen LogP contribution in [0.4, 0.5) is 0 Å². The van der Waals surface area contributed by atoms with Gasteiger partial charge in [0.1, 0.15) is 0 Å². The van der Waals surface area contributed by atoms with Crippen molar-refractivity contribution in [3.8, 4) is 0 Å². The number of carboxylic acids is 1. The van der Waals surface area contributed by atoms with Crippen LogP contribution in [0, 0.1) is 17.8 Å². The number of nitrogens with one attached hydrogen (secondary N) is 1. The molecule has 0 saturated heterocycles. The zero-order valence-corrected chi connectivity index (χ0v) is 10.9. The van der Waals surface area contributed by atoms with Crippen LogP contribution in [0.3, 0.4) is 0 Å². The normalized spacial score (nSPS) is 27.8. The molecule has 0 aromatic carbocycles. The molecule has 2 saturated carbocycles. The molecule has 102 valence electrons. The Kier molecular flexibility index (Phi) is 4.61. The van der Waals surface area contributed by atoms with Gasteiger partial charge in [0.25, 0.3) is 0 Å². The SMILES string of the molecule is O=C(O)C1CC1C(=O)NCCCC1CCCCC1. The molecule has 0 spiro atoms. The second-order valence-electron chi connectivity index (χ2n) is 5.72. The van der Waals surface area contributed by atoms with Gasteiger partial charge in [0.05, 0.1) is 11.8 Å². The van der Waals surface area contributed by atoms with Crippen molar-refractivity contribution in [1.82, 2.24) is 5.32 Å². The molecule has 0 radical (unpaired) electrons. The molecule has 2 aliphatic rings. The van der Waals surface area contributed by atoms with E-state index >= 15 is 0 Å². The van der Waals surface area contributed by atoms with Gasteiger partial charge in [0, 0.05) is 6.54 Å². The lowest BCUT2D eigenvalue weighted by Gasteiger charge is -2.21. The second kappa shape index (κ2) is 6.21. The van der Waals surface area contributed by atoms with Crippen molar-refractivity contribution in [2.45, 2.75) is 51.4 Å². The molecular weight excluding hydrogens is 230 g/mol. The van der Waals surface area contributed by atoms with E-state index in [9.17, 15) is 9.59 Å². The van der Waals surface area contributed by atoms with Gasteiger partial charge in [-0.05, 0) is 25.2 Å². The van der Waals surface area contributed by atoms with Crippen LogP contribution in [0.2, 0.25) is 0 Å². The van der Waals surface area contributed by atoms with Crippen LogP contribution in [0.5, 0.6) is 0 Å². The highest BCUT2D eigenvalue weighted by Crippen LogP contribution is 2.38. The number of amides is 1. The highest BCUT2D eigenvalue weighted by atomic mass is 16.4. The third-order valence-corrected chi connectivity index (χ3v) is 4.26. The zero-order chi connectivity index (χ0) is 13.0. The van der Waals surface area contributed by atoms with Crippen molar-refractivity contribution in [2.75, 3.05) is 6.54 Å². The van der Waals surface area contributed by atoms with Crippen LogP contribution < -0.4 is 5.32 Å². The number of hydrogen-bond donors (Lipinski definition) is 2. The maximum Gasteiger partial charge on any atom is 0.307 e. The highest BCUT2D eigenvalue weighted by Gasteiger charge is 2.48. The van der Waals surface area contributed by atoms with E-state index in [1.807, 2.05) is 0 Å². The largest absolute Gasteiger partial charge is 0.481 e. The molecule has 2 N–H and O–H groups in total. The van der Waals surface area contributed by atoms with E-state index in [2.05, 4.69) is 5.32 Å². The maximum atomic E-state index is 11.6. The molecule has 2 atom stereocenters. The smallest absolute Gasteiger partial charge is 0.307 e. The average Bonchev–Trinajstić information content (AvgIpc) is 3.16. The molecule has 0 aromatic rings. The molecule has 0 heterocycles. The molecule has 0 aromatic heterocycles. The van der Waals surface area contributed by atoms with Gasteiger partial charge in [-0.25, -0.2) is 0 Å². The van der Waals surface area contributed by atoms with Crippen LogP contribution in [-0.2, 0) is 9.59 Å². The summed E-state index contributed by atoms with van der Waals surface area (Å²) in [5, 5.41) is 11.6. The molecule has 1 amide bonds. The Labute approximate surface area is 108 Å². The average molecular weight is 253 g/mol. The number of aliphatic carboxylic acids is 1. The van der Waals surface area contributed by atoms with Gasteiger partial charge in [-0.2, -0.15) is 0 Å². The van der Waals surface area contributed by atoms with E-state index < -0.39 is 11.9 Å². The quantitative estimate of drug-likeness (QED) is 0.713. The lowest BCUT2D eigenvalue weighted by molar-refractivity contribution is -0.140. The van der Waals surface area contributed by atoms with Crippen molar-refractivity contribution in [1.29, 1.82) is 0 Å². The summed E-state index contributed by atoms with van der Waals surface area (Å²) in [5.41, 5.74) is 0. The van der Waals surface area contributed by atoms with Gasteiger partial charge in [0.2, 0.25) is 5.91 Å². The topological polar surface area (TPSA) is 66.4 Å². The van der Waals surface area contributed by atoms with Gasteiger partial charge < -0.3 is 10.4 Å². The minimum Gasteiger partial charge on any atom is -0.481 e. The van der Waals surface area contributed by atoms with Crippen molar-refractivity contribution < 1.29 is 14.7 Å². The minimum absolute atomic E-state index is 0.0638. The second-order valence-corrected chi connectivity index (χ2v) is 5.72. The van der Waals surface area contributed by atoms with E-state index in [-0.39, 0.29) is 11.8 Å². The fourth-order valence-corrected chi connectivity index (χ4v) is 2.97. The van der Waals surface area contributed by atoms with Gasteiger partial charge in [0.15, 0.2) is 0 Å². The van der Waals surface area contributed by atoms with E-state index in [1.165, 1.54) is 38.5 Å². The van der Waals surface area contributed by atoms with E-state index in [1.54, 1.807) is 0 Å². The monoisotopic (exact) mass is 253 g/mol. The van der Waals surface area contributed by atoms with Gasteiger partial charge in [-0.3, -0.25) is 9.59 Å². The first-order valence-electron chi connectivity index (χ1n) is 7.19. The van der Waals surface area contributed by atoms with Crippen molar-refractivity contribution in [3.05, 3.63) is 0 Å². The third-order valence-electron chi connectivity index (χ3n) is 4.26. The molecule has 0 aliphatic heterocycles. The highest BCUT2D eigenvalue weighted by molar-refractivity contribution is 5.89. The summed E-state index contributed by atoms with van der Waals surface area (Å²) in [5.74, 6) is -0.743. The van der Waals surface area contributed by atoms with Gasteiger partial charge >= 0.3 is 5.97 Å². The Morgan fingerprint density at radius 1 is 1.11 bits per heavy atom. The summed E-state index contributed by atoms with van der Waals surface area (Å²) < 4.78 is 0. The molecule has 4 heteroatoms. The Morgan fingerprint density at radius 2 is 1.83 bits per heavy atom. The van der Waals surface area contributed by atoms with Crippen molar-refractivity contribution in [3.63, 3.8) is 0 Å². The number of carbonyl (C=O) groups excluding carboxylic acids is 1. The molecule has 2 aliphatic carbocycles. The van der Waals surface area contributed by atoms with Crippen molar-refractivity contribution in [2.24, 2.45) is 17.8 Å². The Balaban J connectivity index is 1.53. The first-order chi connectivity index (χ1) is 8.68. The first kappa shape index (κ1) is 13.4. The summed E-state index contributed by atoms with van der Waals surface area (Å²) >= 11 is 0. The predicted molar refractivity (Wildman–Crippen MR) is 68.1 cm³/mol. The number of rotatable bonds is 6. The van der Waals surface area contributed by atoms with Crippen LogP contribution in [0.25, 0.3) is 0 Å². The van der Waals surface area contributed by atoms with Gasteiger partial charge in [-0.1, -0.05) is 32.1 Å². The summed E-state index contributed by atoms with van der Waals surface area (Å²) in [7, 11) is 0. The van der Waals surface area contributed by atoms with Crippen molar-refractivity contribution >= 4 is 11.9 Å². The molecule has 2 rings (SSSR count). The molecule has 2 unspecified atom stereocenters. The summed E-state index contributed by atoms with van der Waals surface area (Å²) in [6.45, 7) is 0.707. The molecule has 2 fully saturated rings. The minimum atomic E-state index is -0.836. The lowest BCUT2D eigenvalue weighted by atomic mass is 9.86. The molecule has 4 nitrogen and oxygen atoms in total. The molecule has 18 heavy (non-hydrogen) atoms. The predicted octanol–water partition coefficient (Wildman–Crippen LogP) is 2.18. The third kappa shape index (κ3) is 3.72. The number of carbonyl (C=O) groups is 2. The van der Waals surface area contributed by atoms with Crippen LogP contribution in [-0.4, -0.2) is 23.5 Å². The number of carboxylic acid groups (broad SMARTS) is 1. The summed E-state index contributed by atoms with van der Waals surface area (Å²) in [6.07, 6.45) is 9.54. The Hall–Kier alpha value is -1.06. The molecule has 0 bridgehead atoms. The first-order valence-corrected chi connectivity index (χ1v) is 7.19. The fourth-order valence-electron chi connectivity index (χ4n) is 2.97. The molecular formula is C14H23NO3. The Morgan fingerprint density at radius 3 is 2.44 bits per heavy atom. The van der Waals surface area contributed by atoms with Crippen LogP contribution in [0.15, 0.2) is 0 Å². The lowest BCUT2D eigenvalue weighted by Crippen LogP contribution is -2.27. The maximum absolute atomic E-state index is 11.6. The van der Waals surface area contributed by atoms with E-state index in [4.69, 9.17) is 5.11 Å². The van der Waals surface area contributed by atoms with Crippen LogP contribution >= 0.6 is 0 Å². The zero-order valence-electron chi connectivity index (χ0n) is 10.9. The Bertz CT molecular complexity index is 310. The van der Waals surface area contributed by atoms with Gasteiger partial charge in [-0.15, -0.1) is 0 Å².